The lowest BCUT2D eigenvalue weighted by Crippen LogP contribution is -2.14. The predicted octanol–water partition coefficient (Wildman–Crippen LogP) is 2.81. The van der Waals surface area contributed by atoms with Crippen molar-refractivity contribution in [3.05, 3.63) is 17.2 Å². The van der Waals surface area contributed by atoms with Crippen molar-refractivity contribution in [1.82, 2.24) is 0 Å². The molecular weight excluding hydrogens is 254 g/mol. The Kier molecular flexibility index (Phi) is 4.55. The molecule has 1 heterocycles. The smallest absolute Gasteiger partial charge is 0.162 e. The number of rotatable bonds is 5. The number of nitrogens with one attached hydrogen (secondary N) is 1. The molecular formula is C13H18ClNO3. The molecule has 0 radical (unpaired) electrons. The number of benzene rings is 1. The van der Waals surface area contributed by atoms with E-state index in [1.807, 2.05) is 6.07 Å². The molecule has 1 saturated heterocycles. The van der Waals surface area contributed by atoms with E-state index in [0.29, 0.717) is 22.4 Å². The highest BCUT2D eigenvalue weighted by molar-refractivity contribution is 6.33. The first kappa shape index (κ1) is 13.3. The first-order valence-corrected chi connectivity index (χ1v) is 6.35. The largest absolute Gasteiger partial charge is 0.493 e. The average Bonchev–Trinajstić information content (AvgIpc) is 2.90. The normalized spacial score (nSPS) is 18.7. The van der Waals surface area contributed by atoms with Gasteiger partial charge >= 0.3 is 0 Å². The Bertz CT molecular complexity index is 405. The molecule has 5 heteroatoms. The maximum absolute atomic E-state index is 6.19. The van der Waals surface area contributed by atoms with Gasteiger partial charge in [-0.05, 0) is 6.42 Å². The van der Waals surface area contributed by atoms with Crippen LogP contribution in [0, 0.1) is 5.92 Å². The topological polar surface area (TPSA) is 39.7 Å². The second-order valence-corrected chi connectivity index (χ2v) is 4.70. The molecule has 2 rings (SSSR count). The highest BCUT2D eigenvalue weighted by Gasteiger charge is 2.16. The quantitative estimate of drug-likeness (QED) is 0.894. The molecule has 1 atom stereocenters. The van der Waals surface area contributed by atoms with E-state index in [1.165, 1.54) is 0 Å². The summed E-state index contributed by atoms with van der Waals surface area (Å²) in [6.07, 6.45) is 1.10. The van der Waals surface area contributed by atoms with Crippen molar-refractivity contribution >= 4 is 17.3 Å². The van der Waals surface area contributed by atoms with Crippen LogP contribution in [-0.2, 0) is 4.74 Å². The van der Waals surface area contributed by atoms with Crippen molar-refractivity contribution in [3.63, 3.8) is 0 Å². The van der Waals surface area contributed by atoms with Gasteiger partial charge in [0.05, 0.1) is 31.5 Å². The van der Waals surface area contributed by atoms with Crippen molar-refractivity contribution in [3.8, 4) is 11.5 Å². The lowest BCUT2D eigenvalue weighted by molar-refractivity contribution is 0.187. The number of halogens is 1. The van der Waals surface area contributed by atoms with Crippen molar-refractivity contribution < 1.29 is 14.2 Å². The molecule has 0 saturated carbocycles. The molecule has 0 aliphatic carbocycles. The zero-order chi connectivity index (χ0) is 13.0. The van der Waals surface area contributed by atoms with Crippen LogP contribution in [0.1, 0.15) is 6.42 Å². The molecule has 1 aromatic rings. The standard InChI is InChI=1S/C13H18ClNO3/c1-16-12-5-10(14)11(6-13(12)17-2)15-7-9-3-4-18-8-9/h5-6,9,15H,3-4,7-8H2,1-2H3. The molecule has 1 aromatic carbocycles. The fourth-order valence-electron chi connectivity index (χ4n) is 1.99. The summed E-state index contributed by atoms with van der Waals surface area (Å²) in [5.41, 5.74) is 0.862. The molecule has 1 aliphatic rings. The number of hydrogen-bond acceptors (Lipinski definition) is 4. The summed E-state index contributed by atoms with van der Waals surface area (Å²) in [6.45, 7) is 2.53. The van der Waals surface area contributed by atoms with E-state index in [-0.39, 0.29) is 0 Å². The van der Waals surface area contributed by atoms with Gasteiger partial charge < -0.3 is 19.5 Å². The summed E-state index contributed by atoms with van der Waals surface area (Å²) in [6, 6.07) is 3.62. The fourth-order valence-corrected chi connectivity index (χ4v) is 2.21. The SMILES string of the molecule is COc1cc(Cl)c(NCC2CCOC2)cc1OC. The highest BCUT2D eigenvalue weighted by Crippen LogP contribution is 2.36. The van der Waals surface area contributed by atoms with E-state index < -0.39 is 0 Å². The molecule has 0 bridgehead atoms. The van der Waals surface area contributed by atoms with E-state index in [2.05, 4.69) is 5.32 Å². The molecule has 18 heavy (non-hydrogen) atoms. The average molecular weight is 272 g/mol. The predicted molar refractivity (Wildman–Crippen MR) is 72.0 cm³/mol. The van der Waals surface area contributed by atoms with E-state index in [0.717, 1.165) is 31.9 Å². The summed E-state index contributed by atoms with van der Waals surface area (Å²) in [7, 11) is 3.21. The third-order valence-electron chi connectivity index (χ3n) is 3.08. The van der Waals surface area contributed by atoms with Gasteiger partial charge in [0.25, 0.3) is 0 Å². The first-order valence-electron chi connectivity index (χ1n) is 5.97. The van der Waals surface area contributed by atoms with Gasteiger partial charge in [0.1, 0.15) is 0 Å². The van der Waals surface area contributed by atoms with Crippen molar-refractivity contribution in [2.24, 2.45) is 5.92 Å². The van der Waals surface area contributed by atoms with Gasteiger partial charge in [-0.15, -0.1) is 0 Å². The zero-order valence-electron chi connectivity index (χ0n) is 10.7. The maximum Gasteiger partial charge on any atom is 0.162 e. The lowest BCUT2D eigenvalue weighted by atomic mass is 10.1. The second-order valence-electron chi connectivity index (χ2n) is 4.30. The minimum atomic E-state index is 0.550. The second kappa shape index (κ2) is 6.16. The molecule has 0 aromatic heterocycles. The van der Waals surface area contributed by atoms with E-state index >= 15 is 0 Å². The number of methoxy groups -OCH3 is 2. The molecule has 4 nitrogen and oxygen atoms in total. The van der Waals surface area contributed by atoms with Gasteiger partial charge in [0.15, 0.2) is 11.5 Å². The van der Waals surface area contributed by atoms with Gasteiger partial charge in [0.2, 0.25) is 0 Å². The Morgan fingerprint density at radius 2 is 2.06 bits per heavy atom. The Balaban J connectivity index is 2.06. The van der Waals surface area contributed by atoms with Crippen LogP contribution in [0.3, 0.4) is 0 Å². The summed E-state index contributed by atoms with van der Waals surface area (Å²) >= 11 is 6.19. The summed E-state index contributed by atoms with van der Waals surface area (Å²) in [5, 5.41) is 3.96. The third kappa shape index (κ3) is 3.00. The van der Waals surface area contributed by atoms with Crippen LogP contribution in [0.2, 0.25) is 5.02 Å². The van der Waals surface area contributed by atoms with Crippen molar-refractivity contribution in [2.45, 2.75) is 6.42 Å². The monoisotopic (exact) mass is 271 g/mol. The first-order chi connectivity index (χ1) is 8.74. The molecule has 1 aliphatic heterocycles. The van der Waals surface area contributed by atoms with Gasteiger partial charge in [-0.2, -0.15) is 0 Å². The van der Waals surface area contributed by atoms with Gasteiger partial charge in [-0.3, -0.25) is 0 Å². The Morgan fingerprint density at radius 3 is 2.67 bits per heavy atom. The van der Waals surface area contributed by atoms with E-state index in [1.54, 1.807) is 20.3 Å². The van der Waals surface area contributed by atoms with Crippen LogP contribution in [0.4, 0.5) is 5.69 Å². The van der Waals surface area contributed by atoms with Crippen LogP contribution in [-0.4, -0.2) is 34.0 Å². The molecule has 1 unspecified atom stereocenters. The zero-order valence-corrected chi connectivity index (χ0v) is 11.4. The van der Waals surface area contributed by atoms with Gasteiger partial charge in [-0.1, -0.05) is 11.6 Å². The third-order valence-corrected chi connectivity index (χ3v) is 3.39. The summed E-state index contributed by atoms with van der Waals surface area (Å²) < 4.78 is 15.8. The molecule has 100 valence electrons. The van der Waals surface area contributed by atoms with Crippen LogP contribution >= 0.6 is 11.6 Å². The van der Waals surface area contributed by atoms with Gasteiger partial charge in [0, 0.05) is 31.2 Å². The van der Waals surface area contributed by atoms with Crippen LogP contribution in [0.15, 0.2) is 12.1 Å². The highest BCUT2D eigenvalue weighted by atomic mass is 35.5. The minimum Gasteiger partial charge on any atom is -0.493 e. The summed E-state index contributed by atoms with van der Waals surface area (Å²) in [4.78, 5) is 0. The van der Waals surface area contributed by atoms with Crippen LogP contribution in [0.25, 0.3) is 0 Å². The summed E-state index contributed by atoms with van der Waals surface area (Å²) in [5.74, 6) is 1.86. The number of ether oxygens (including phenoxy) is 3. The van der Waals surface area contributed by atoms with E-state index in [4.69, 9.17) is 25.8 Å². The molecule has 0 spiro atoms. The van der Waals surface area contributed by atoms with Crippen molar-refractivity contribution in [2.75, 3.05) is 39.3 Å². The molecule has 1 fully saturated rings. The number of hydrogen-bond donors (Lipinski definition) is 1. The minimum absolute atomic E-state index is 0.550. The maximum atomic E-state index is 6.19. The Labute approximate surface area is 112 Å². The van der Waals surface area contributed by atoms with Crippen molar-refractivity contribution in [1.29, 1.82) is 0 Å². The molecule has 1 N–H and O–H groups in total. The Hall–Kier alpha value is -1.13. The van der Waals surface area contributed by atoms with Gasteiger partial charge in [-0.25, -0.2) is 0 Å². The Morgan fingerprint density at radius 1 is 1.33 bits per heavy atom. The lowest BCUT2D eigenvalue weighted by Gasteiger charge is -2.15. The molecule has 0 amide bonds. The number of anilines is 1. The fraction of sp³-hybridized carbons (Fsp3) is 0.538. The van der Waals surface area contributed by atoms with Crippen LogP contribution < -0.4 is 14.8 Å². The van der Waals surface area contributed by atoms with Crippen LogP contribution in [0.5, 0.6) is 11.5 Å². The van der Waals surface area contributed by atoms with E-state index in [9.17, 15) is 0 Å².